The Morgan fingerprint density at radius 1 is 0.814 bits per heavy atom. The van der Waals surface area contributed by atoms with E-state index in [1.165, 1.54) is 47.4 Å². The van der Waals surface area contributed by atoms with Crippen LogP contribution in [0.15, 0.2) is 100 Å². The number of carbonyl (C=O) groups is 2. The summed E-state index contributed by atoms with van der Waals surface area (Å²) >= 11 is 8.98. The molecule has 310 valence electrons. The molecule has 0 aliphatic carbocycles. The second kappa shape index (κ2) is 19.0. The first-order valence-electron chi connectivity index (χ1n) is 17.3. The fourth-order valence-corrected chi connectivity index (χ4v) is 7.57. The molecule has 59 heavy (non-hydrogen) atoms. The topological polar surface area (TPSA) is 126 Å². The number of hydrogen-bond donors (Lipinski definition) is 2. The van der Waals surface area contributed by atoms with E-state index in [4.69, 9.17) is 31.0 Å². The Kier molecular flexibility index (Phi) is 14.4. The highest BCUT2D eigenvalue weighted by atomic mass is 35.5. The van der Waals surface area contributed by atoms with E-state index in [1.54, 1.807) is 61.3 Å². The number of nitrogens with zero attached hydrogens (tertiary/aromatic N) is 3. The summed E-state index contributed by atoms with van der Waals surface area (Å²) in [6.45, 7) is 3.75. The smallest absolute Gasteiger partial charge is 0.416 e. The molecule has 9 nitrogen and oxygen atoms in total. The first kappa shape index (κ1) is 44.6. The number of thiazole rings is 1. The van der Waals surface area contributed by atoms with Gasteiger partial charge in [0.05, 0.1) is 44.6 Å². The highest BCUT2D eigenvalue weighted by Gasteiger charge is 2.31. The fourth-order valence-electron chi connectivity index (χ4n) is 5.30. The average Bonchev–Trinajstić information content (AvgIpc) is 3.74. The zero-order valence-corrected chi connectivity index (χ0v) is 33.7. The Morgan fingerprint density at radius 3 is 1.95 bits per heavy atom. The van der Waals surface area contributed by atoms with Gasteiger partial charge < -0.3 is 24.3 Å². The zero-order valence-electron chi connectivity index (χ0n) is 31.3. The molecule has 0 aliphatic heterocycles. The third-order valence-electron chi connectivity index (χ3n) is 8.43. The number of carboxylic acid groups (broad SMARTS) is 2. The van der Waals surface area contributed by atoms with E-state index in [-0.39, 0.29) is 25.5 Å². The number of oxazole rings is 1. The lowest BCUT2D eigenvalue weighted by atomic mass is 10.1. The molecule has 6 rings (SSSR count). The SMILES string of the molecule is Cc1nc(-c2ccc(C(F)(F)F)cc2)oc1CSc1ccc(CC(=O)O)cc1Cl.Cc1nc(-c2ccc(C(F)(F)F)cc2)sc1COc1ccc(N(C)CC(=O)O)cc1. The van der Waals surface area contributed by atoms with Gasteiger partial charge >= 0.3 is 24.3 Å². The summed E-state index contributed by atoms with van der Waals surface area (Å²) in [5, 5.41) is 18.8. The lowest BCUT2D eigenvalue weighted by molar-refractivity contribution is -0.138. The molecule has 2 N–H and O–H groups in total. The predicted molar refractivity (Wildman–Crippen MR) is 213 cm³/mol. The van der Waals surface area contributed by atoms with Crippen LogP contribution in [0.3, 0.4) is 0 Å². The molecule has 0 atom stereocenters. The van der Waals surface area contributed by atoms with E-state index >= 15 is 0 Å². The van der Waals surface area contributed by atoms with Crippen molar-refractivity contribution in [2.24, 2.45) is 0 Å². The van der Waals surface area contributed by atoms with Gasteiger partial charge in [0.1, 0.15) is 29.7 Å². The third kappa shape index (κ3) is 12.5. The maximum Gasteiger partial charge on any atom is 0.416 e. The first-order valence-corrected chi connectivity index (χ1v) is 19.5. The Balaban J connectivity index is 0.000000224. The molecule has 0 bridgehead atoms. The monoisotopic (exact) mass is 877 g/mol. The number of ether oxygens (including phenoxy) is 1. The number of hydrogen-bond acceptors (Lipinski definition) is 9. The molecule has 4 aromatic carbocycles. The van der Waals surface area contributed by atoms with Crippen LogP contribution >= 0.6 is 34.7 Å². The summed E-state index contributed by atoms with van der Waals surface area (Å²) in [6, 6.07) is 21.6. The number of aliphatic carboxylic acids is 2. The molecular weight excluding hydrogens is 844 g/mol. The number of alkyl halides is 6. The van der Waals surface area contributed by atoms with Crippen molar-refractivity contribution in [3.8, 4) is 27.8 Å². The molecule has 0 unspecified atom stereocenters. The van der Waals surface area contributed by atoms with Crippen LogP contribution in [0.5, 0.6) is 5.75 Å². The van der Waals surface area contributed by atoms with Gasteiger partial charge in [-0.3, -0.25) is 9.59 Å². The fraction of sp³-hybridized carbons (Fsp3) is 0.220. The van der Waals surface area contributed by atoms with Crippen LogP contribution < -0.4 is 9.64 Å². The number of rotatable bonds is 13. The summed E-state index contributed by atoms with van der Waals surface area (Å²) in [5.74, 6) is 0.00541. The van der Waals surface area contributed by atoms with Gasteiger partial charge in [0.25, 0.3) is 0 Å². The van der Waals surface area contributed by atoms with E-state index in [2.05, 4.69) is 9.97 Å². The molecule has 0 saturated heterocycles. The van der Waals surface area contributed by atoms with Gasteiger partial charge in [0, 0.05) is 28.8 Å². The minimum atomic E-state index is -4.40. The van der Waals surface area contributed by atoms with Crippen LogP contribution in [0.2, 0.25) is 5.02 Å². The molecule has 0 aliphatic rings. The number of carboxylic acids is 2. The molecular formula is C41H34ClF6N3O6S2. The van der Waals surface area contributed by atoms with Crippen molar-refractivity contribution in [1.82, 2.24) is 9.97 Å². The minimum Gasteiger partial charge on any atom is -0.488 e. The number of likely N-dealkylation sites (N-methyl/N-ethyl adjacent to an activating group) is 1. The highest BCUT2D eigenvalue weighted by Crippen LogP contribution is 2.36. The summed E-state index contributed by atoms with van der Waals surface area (Å²) in [5.41, 5.74) is 2.39. The van der Waals surface area contributed by atoms with Gasteiger partial charge in [0.2, 0.25) is 5.89 Å². The Labute approximate surface area is 347 Å². The van der Waals surface area contributed by atoms with E-state index in [9.17, 15) is 35.9 Å². The molecule has 18 heteroatoms. The molecule has 6 aromatic rings. The summed E-state index contributed by atoms with van der Waals surface area (Å²) < 4.78 is 87.7. The largest absolute Gasteiger partial charge is 0.488 e. The Bertz CT molecular complexity index is 2380. The molecule has 0 spiro atoms. The molecule has 0 amide bonds. The van der Waals surface area contributed by atoms with Gasteiger partial charge in [-0.15, -0.1) is 23.1 Å². The van der Waals surface area contributed by atoms with E-state index in [0.717, 1.165) is 45.4 Å². The van der Waals surface area contributed by atoms with Gasteiger partial charge in [-0.1, -0.05) is 29.8 Å². The molecule has 0 saturated carbocycles. The van der Waals surface area contributed by atoms with E-state index in [1.807, 2.05) is 6.92 Å². The van der Waals surface area contributed by atoms with Gasteiger partial charge in [-0.2, -0.15) is 26.3 Å². The Hall–Kier alpha value is -5.52. The third-order valence-corrected chi connectivity index (χ3v) is 11.1. The van der Waals surface area contributed by atoms with E-state index in [0.29, 0.717) is 49.7 Å². The maximum absolute atomic E-state index is 12.7. The second-order valence-electron chi connectivity index (χ2n) is 12.9. The van der Waals surface area contributed by atoms with Crippen molar-refractivity contribution >= 4 is 52.3 Å². The quantitative estimate of drug-likeness (QED) is 0.0855. The standard InChI is InChI=1S/C21H19F3N2O3S.C20H15ClF3NO3S/c1-13-18(12-29-17-9-7-16(8-10-17)26(2)11-19(27)28)30-20(25-13)14-3-5-15(6-4-14)21(22,23)24;1-11-16(10-29-17-7-2-12(8-15(17)21)9-18(26)27)28-19(25-11)13-3-5-14(6-4-13)20(22,23)24/h3-10H,11-12H2,1-2H3,(H,27,28);2-8H,9-10H2,1H3,(H,26,27). The lowest BCUT2D eigenvalue weighted by Gasteiger charge is -2.17. The highest BCUT2D eigenvalue weighted by molar-refractivity contribution is 7.98. The summed E-state index contributed by atoms with van der Waals surface area (Å²) in [6.07, 6.45) is -8.87. The molecule has 2 aromatic heterocycles. The molecule has 0 radical (unpaired) electrons. The minimum absolute atomic E-state index is 0.104. The number of anilines is 1. The van der Waals surface area contributed by atoms with Crippen LogP contribution in [0.1, 0.15) is 38.7 Å². The van der Waals surface area contributed by atoms with Crippen molar-refractivity contribution in [1.29, 1.82) is 0 Å². The van der Waals surface area contributed by atoms with Crippen molar-refractivity contribution in [2.45, 2.75) is 49.9 Å². The molecule has 2 heterocycles. The van der Waals surface area contributed by atoms with Gasteiger partial charge in [-0.25, -0.2) is 9.97 Å². The summed E-state index contributed by atoms with van der Waals surface area (Å²) in [7, 11) is 1.69. The zero-order chi connectivity index (χ0) is 43.1. The average molecular weight is 878 g/mol. The van der Waals surface area contributed by atoms with Crippen molar-refractivity contribution in [3.63, 3.8) is 0 Å². The van der Waals surface area contributed by atoms with Crippen molar-refractivity contribution < 1.29 is 55.3 Å². The van der Waals surface area contributed by atoms with Crippen LogP contribution in [0.25, 0.3) is 22.0 Å². The van der Waals surface area contributed by atoms with Crippen molar-refractivity contribution in [2.75, 3.05) is 18.5 Å². The number of aryl methyl sites for hydroxylation is 2. The number of halogens is 7. The van der Waals surface area contributed by atoms with Crippen molar-refractivity contribution in [3.05, 3.63) is 135 Å². The van der Waals surface area contributed by atoms with Gasteiger partial charge in [-0.05, 0) is 92.2 Å². The molecule has 0 fully saturated rings. The number of benzene rings is 4. The van der Waals surface area contributed by atoms with Crippen LogP contribution in [0, 0.1) is 13.8 Å². The van der Waals surface area contributed by atoms with Crippen LogP contribution in [-0.4, -0.2) is 45.7 Å². The Morgan fingerprint density at radius 2 is 1.41 bits per heavy atom. The number of aromatic nitrogens is 2. The second-order valence-corrected chi connectivity index (χ2v) is 15.4. The van der Waals surface area contributed by atoms with Crippen LogP contribution in [0.4, 0.5) is 32.0 Å². The van der Waals surface area contributed by atoms with Gasteiger partial charge in [0.15, 0.2) is 0 Å². The summed E-state index contributed by atoms with van der Waals surface area (Å²) in [4.78, 5) is 33.5. The normalized spacial score (nSPS) is 11.5. The number of thioether (sulfide) groups is 1. The van der Waals surface area contributed by atoms with E-state index < -0.39 is 35.4 Å². The predicted octanol–water partition coefficient (Wildman–Crippen LogP) is 11.5. The lowest BCUT2D eigenvalue weighted by Crippen LogP contribution is -2.24. The maximum atomic E-state index is 12.7. The van der Waals surface area contributed by atoms with Crippen LogP contribution in [-0.2, 0) is 40.7 Å². The first-order chi connectivity index (χ1) is 27.8.